The van der Waals surface area contributed by atoms with E-state index in [2.05, 4.69) is 31.3 Å². The number of hydrogen-bond donors (Lipinski definition) is 2. The van der Waals surface area contributed by atoms with Gasteiger partial charge in [-0.15, -0.1) is 0 Å². The second-order valence-electron chi connectivity index (χ2n) is 3.66. The van der Waals surface area contributed by atoms with Gasteiger partial charge in [0.05, 0.1) is 5.69 Å². The van der Waals surface area contributed by atoms with Gasteiger partial charge in [-0.2, -0.15) is 0 Å². The average Bonchev–Trinajstić information content (AvgIpc) is 2.16. The summed E-state index contributed by atoms with van der Waals surface area (Å²) in [5.41, 5.74) is 2.31. The van der Waals surface area contributed by atoms with Crippen molar-refractivity contribution >= 4 is 17.4 Å². The van der Waals surface area contributed by atoms with Crippen LogP contribution in [0.25, 0.3) is 0 Å². The smallest absolute Gasteiger partial charge is 0.195 e. The zero-order valence-corrected chi connectivity index (χ0v) is 9.06. The third-order valence-electron chi connectivity index (χ3n) is 2.23. The van der Waals surface area contributed by atoms with Gasteiger partial charge in [0.1, 0.15) is 0 Å². The van der Waals surface area contributed by atoms with E-state index in [4.69, 9.17) is 0 Å². The molecule has 2 nitrogen and oxygen atoms in total. The van der Waals surface area contributed by atoms with Crippen molar-refractivity contribution in [3.8, 4) is 0 Å². The summed E-state index contributed by atoms with van der Waals surface area (Å²) in [6.45, 7) is 4.35. The van der Waals surface area contributed by atoms with Gasteiger partial charge in [-0.25, -0.2) is 0 Å². The van der Waals surface area contributed by atoms with E-state index in [-0.39, 0.29) is 5.88 Å². The highest BCUT2D eigenvalue weighted by atomic mass is 32.2. The fourth-order valence-electron chi connectivity index (χ4n) is 1.39. The summed E-state index contributed by atoms with van der Waals surface area (Å²) in [7, 11) is 0. The highest BCUT2D eigenvalue weighted by Crippen LogP contribution is 2.35. The van der Waals surface area contributed by atoms with Crippen LogP contribution in [0.4, 0.5) is 5.69 Å². The van der Waals surface area contributed by atoms with Gasteiger partial charge < -0.3 is 10.4 Å². The van der Waals surface area contributed by atoms with Gasteiger partial charge in [0.25, 0.3) is 0 Å². The van der Waals surface area contributed by atoms with Crippen molar-refractivity contribution in [3.63, 3.8) is 0 Å². The number of anilines is 1. The van der Waals surface area contributed by atoms with Crippen molar-refractivity contribution in [2.45, 2.75) is 24.7 Å². The molecule has 0 atom stereocenters. The first kappa shape index (κ1) is 9.46. The number of benzene rings is 1. The molecule has 0 amide bonds. The molecule has 74 valence electrons. The van der Waals surface area contributed by atoms with Crippen molar-refractivity contribution in [1.82, 2.24) is 0 Å². The molecule has 0 saturated carbocycles. The lowest BCUT2D eigenvalue weighted by atomic mass is 10.0. The predicted octanol–water partition coefficient (Wildman–Crippen LogP) is 3.68. The Balaban J connectivity index is 2.36. The number of aliphatic hydroxyl groups is 1. The van der Waals surface area contributed by atoms with Crippen LogP contribution in [0.3, 0.4) is 0 Å². The number of nitrogens with one attached hydrogen (secondary N) is 1. The third kappa shape index (κ3) is 1.73. The van der Waals surface area contributed by atoms with Crippen LogP contribution in [-0.4, -0.2) is 5.11 Å². The van der Waals surface area contributed by atoms with Crippen LogP contribution < -0.4 is 5.32 Å². The maximum absolute atomic E-state index is 9.26. The molecule has 1 aliphatic heterocycles. The molecule has 3 heteroatoms. The van der Waals surface area contributed by atoms with Gasteiger partial charge in [0.15, 0.2) is 5.88 Å². The van der Waals surface area contributed by atoms with Crippen molar-refractivity contribution in [1.29, 1.82) is 0 Å². The maximum atomic E-state index is 9.26. The van der Waals surface area contributed by atoms with Gasteiger partial charge >= 0.3 is 0 Å². The topological polar surface area (TPSA) is 32.3 Å². The predicted molar refractivity (Wildman–Crippen MR) is 60.7 cm³/mol. The Morgan fingerprint density at radius 3 is 2.86 bits per heavy atom. The van der Waals surface area contributed by atoms with Gasteiger partial charge in [-0.1, -0.05) is 31.7 Å². The summed E-state index contributed by atoms with van der Waals surface area (Å²) in [5.74, 6) is 0.764. The summed E-state index contributed by atoms with van der Waals surface area (Å²) in [6.07, 6.45) is 0. The molecule has 1 aliphatic rings. The number of fused-ring (bicyclic) bond motifs is 1. The lowest BCUT2D eigenvalue weighted by Gasteiger charge is -2.16. The van der Waals surface area contributed by atoms with Crippen LogP contribution >= 0.6 is 11.8 Å². The van der Waals surface area contributed by atoms with Crippen LogP contribution in [0.2, 0.25) is 0 Å². The van der Waals surface area contributed by atoms with Crippen molar-refractivity contribution in [2.24, 2.45) is 0 Å². The Labute approximate surface area is 88.0 Å². The molecule has 0 spiro atoms. The molecule has 1 aromatic carbocycles. The zero-order valence-electron chi connectivity index (χ0n) is 8.24. The molecular weight excluding hydrogens is 194 g/mol. The second kappa shape index (κ2) is 3.58. The first-order valence-corrected chi connectivity index (χ1v) is 5.51. The standard InChI is InChI=1S/C11H13NOS/c1-7(2)8-3-4-9-10(5-8)14-6-11(13)12-9/h3-7,12-13H,1-2H3. The van der Waals surface area contributed by atoms with Crippen LogP contribution in [-0.2, 0) is 0 Å². The molecule has 0 aromatic heterocycles. The first-order chi connectivity index (χ1) is 6.66. The van der Waals surface area contributed by atoms with Gasteiger partial charge in [0.2, 0.25) is 0 Å². The Morgan fingerprint density at radius 2 is 2.14 bits per heavy atom. The Morgan fingerprint density at radius 1 is 1.36 bits per heavy atom. The highest BCUT2D eigenvalue weighted by molar-refractivity contribution is 8.02. The molecule has 0 saturated heterocycles. The normalized spacial score (nSPS) is 14.6. The minimum atomic E-state index is 0.222. The van der Waals surface area contributed by atoms with Crippen molar-refractivity contribution in [2.75, 3.05) is 5.32 Å². The molecule has 0 unspecified atom stereocenters. The van der Waals surface area contributed by atoms with E-state index in [0.717, 1.165) is 5.69 Å². The van der Waals surface area contributed by atoms with Crippen LogP contribution in [0, 0.1) is 0 Å². The molecule has 1 aromatic rings. The number of aliphatic hydroxyl groups excluding tert-OH is 1. The van der Waals surface area contributed by atoms with Crippen LogP contribution in [0.1, 0.15) is 25.3 Å². The molecule has 14 heavy (non-hydrogen) atoms. The Hall–Kier alpha value is -1.09. The number of thioether (sulfide) groups is 1. The average molecular weight is 207 g/mol. The molecule has 0 fully saturated rings. The van der Waals surface area contributed by atoms with E-state index in [1.807, 2.05) is 6.07 Å². The molecule has 2 rings (SSSR count). The Bertz CT molecular complexity index is 385. The molecule has 0 radical (unpaired) electrons. The zero-order chi connectivity index (χ0) is 10.1. The third-order valence-corrected chi connectivity index (χ3v) is 3.17. The molecule has 0 bridgehead atoms. The highest BCUT2D eigenvalue weighted by Gasteiger charge is 2.11. The minimum absolute atomic E-state index is 0.222. The second-order valence-corrected chi connectivity index (χ2v) is 4.57. The summed E-state index contributed by atoms with van der Waals surface area (Å²) >= 11 is 1.55. The van der Waals surface area contributed by atoms with E-state index in [1.54, 1.807) is 17.2 Å². The van der Waals surface area contributed by atoms with Gasteiger partial charge in [0, 0.05) is 10.3 Å². The minimum Gasteiger partial charge on any atom is -0.494 e. The summed E-state index contributed by atoms with van der Waals surface area (Å²) in [6, 6.07) is 6.27. The van der Waals surface area contributed by atoms with Gasteiger partial charge in [-0.3, -0.25) is 0 Å². The fourth-order valence-corrected chi connectivity index (χ4v) is 2.13. The number of hydrogen-bond acceptors (Lipinski definition) is 3. The summed E-state index contributed by atoms with van der Waals surface area (Å²) < 4.78 is 0. The molecule has 2 N–H and O–H groups in total. The van der Waals surface area contributed by atoms with E-state index in [9.17, 15) is 5.11 Å². The molecular formula is C11H13NOS. The van der Waals surface area contributed by atoms with E-state index in [1.165, 1.54) is 10.5 Å². The lowest BCUT2D eigenvalue weighted by Crippen LogP contribution is -2.03. The van der Waals surface area contributed by atoms with E-state index < -0.39 is 0 Å². The van der Waals surface area contributed by atoms with E-state index in [0.29, 0.717) is 5.92 Å². The van der Waals surface area contributed by atoms with Crippen LogP contribution in [0.5, 0.6) is 0 Å². The maximum Gasteiger partial charge on any atom is 0.195 e. The number of rotatable bonds is 1. The summed E-state index contributed by atoms with van der Waals surface area (Å²) in [5, 5.41) is 13.9. The monoisotopic (exact) mass is 207 g/mol. The molecule has 1 heterocycles. The first-order valence-electron chi connectivity index (χ1n) is 4.63. The fraction of sp³-hybridized carbons (Fsp3) is 0.273. The quantitative estimate of drug-likeness (QED) is 0.736. The summed E-state index contributed by atoms with van der Waals surface area (Å²) in [4.78, 5) is 1.18. The lowest BCUT2D eigenvalue weighted by molar-refractivity contribution is 0.420. The largest absolute Gasteiger partial charge is 0.494 e. The van der Waals surface area contributed by atoms with Gasteiger partial charge in [-0.05, 0) is 23.6 Å². The van der Waals surface area contributed by atoms with Crippen molar-refractivity contribution < 1.29 is 5.11 Å². The van der Waals surface area contributed by atoms with Crippen molar-refractivity contribution in [3.05, 3.63) is 35.1 Å². The SMILES string of the molecule is CC(C)c1ccc2c(c1)SC=C(O)N2. The van der Waals surface area contributed by atoms with Crippen LogP contribution in [0.15, 0.2) is 34.4 Å². The molecule has 0 aliphatic carbocycles. The Kier molecular flexibility index (Phi) is 2.42. The van der Waals surface area contributed by atoms with E-state index >= 15 is 0 Å².